The predicted octanol–water partition coefficient (Wildman–Crippen LogP) is 5.00. The quantitative estimate of drug-likeness (QED) is 0.474. The van der Waals surface area contributed by atoms with E-state index in [-0.39, 0.29) is 16.6 Å². The first-order valence-corrected chi connectivity index (χ1v) is 12.5. The van der Waals surface area contributed by atoms with E-state index in [1.165, 1.54) is 12.1 Å². The van der Waals surface area contributed by atoms with Gasteiger partial charge in [0.25, 0.3) is 0 Å². The van der Waals surface area contributed by atoms with E-state index >= 15 is 0 Å². The normalized spacial score (nSPS) is 17.5. The maximum atomic E-state index is 12.8. The monoisotopic (exact) mass is 482 g/mol. The number of thiazole rings is 1. The summed E-state index contributed by atoms with van der Waals surface area (Å²) in [5.74, 6) is -0.725. The summed E-state index contributed by atoms with van der Waals surface area (Å²) in [6.07, 6.45) is -2.38. The van der Waals surface area contributed by atoms with Crippen LogP contribution in [-0.4, -0.2) is 43.5 Å². The number of hydrogen-bond donors (Lipinski definition) is 0. The van der Waals surface area contributed by atoms with Crippen molar-refractivity contribution in [3.05, 3.63) is 65.7 Å². The van der Waals surface area contributed by atoms with E-state index in [0.29, 0.717) is 13.1 Å². The fraction of sp³-hybridized carbons (Fsp3) is 0.318. The Labute approximate surface area is 188 Å². The molecule has 0 unspecified atom stereocenters. The first kappa shape index (κ1) is 22.8. The third-order valence-electron chi connectivity index (χ3n) is 5.26. The van der Waals surface area contributed by atoms with Crippen molar-refractivity contribution in [3.8, 4) is 16.3 Å². The number of halogens is 3. The van der Waals surface area contributed by atoms with E-state index in [0.717, 1.165) is 41.2 Å². The van der Waals surface area contributed by atoms with Crippen LogP contribution in [-0.2, 0) is 16.4 Å². The Hall–Kier alpha value is -2.43. The average Bonchev–Trinajstić information content (AvgIpc) is 3.40. The molecule has 3 aromatic rings. The van der Waals surface area contributed by atoms with Gasteiger partial charge in [-0.15, -0.1) is 24.5 Å². The molecule has 0 saturated carbocycles. The van der Waals surface area contributed by atoms with E-state index < -0.39 is 21.9 Å². The molecule has 2 aromatic carbocycles. The van der Waals surface area contributed by atoms with Gasteiger partial charge >= 0.3 is 6.36 Å². The standard InChI is InChI=1S/C22H21F3N2O3S2/c23-22(24,25)30-19-2-1-3-20(12-19)32(28,29)15-17-8-10-27(14-17)13-16-4-6-18(7-5-16)21-26-9-11-31-21/h1-7,9,11-12,17H,8,10,13-15H2/t17-/m1/s1. The number of alkyl halides is 3. The lowest BCUT2D eigenvalue weighted by molar-refractivity contribution is -0.274. The Bertz CT molecular complexity index is 1150. The molecule has 1 aliphatic heterocycles. The summed E-state index contributed by atoms with van der Waals surface area (Å²) in [5.41, 5.74) is 2.19. The summed E-state index contributed by atoms with van der Waals surface area (Å²) in [7, 11) is -3.73. The van der Waals surface area contributed by atoms with Crippen molar-refractivity contribution in [1.29, 1.82) is 0 Å². The molecule has 1 aliphatic rings. The number of likely N-dealkylation sites (tertiary alicyclic amines) is 1. The maximum absolute atomic E-state index is 12.8. The van der Waals surface area contributed by atoms with Gasteiger partial charge < -0.3 is 4.74 Å². The second kappa shape index (κ2) is 9.21. The summed E-state index contributed by atoms with van der Waals surface area (Å²) in [6, 6.07) is 12.7. The highest BCUT2D eigenvalue weighted by molar-refractivity contribution is 7.91. The lowest BCUT2D eigenvalue weighted by Gasteiger charge is -2.17. The minimum absolute atomic E-state index is 0.0817. The number of sulfone groups is 1. The molecule has 4 rings (SSSR count). The highest BCUT2D eigenvalue weighted by atomic mass is 32.2. The Morgan fingerprint density at radius 2 is 1.94 bits per heavy atom. The molecule has 170 valence electrons. The van der Waals surface area contributed by atoms with Crippen molar-refractivity contribution in [2.45, 2.75) is 24.2 Å². The molecular formula is C22H21F3N2O3S2. The van der Waals surface area contributed by atoms with Crippen molar-refractivity contribution in [1.82, 2.24) is 9.88 Å². The van der Waals surface area contributed by atoms with Crippen LogP contribution in [0.25, 0.3) is 10.6 Å². The van der Waals surface area contributed by atoms with E-state index in [9.17, 15) is 21.6 Å². The average molecular weight is 483 g/mol. The van der Waals surface area contributed by atoms with Gasteiger partial charge in [0.2, 0.25) is 0 Å². The third-order valence-corrected chi connectivity index (χ3v) is 7.97. The van der Waals surface area contributed by atoms with Gasteiger partial charge in [-0.25, -0.2) is 13.4 Å². The van der Waals surface area contributed by atoms with Crippen molar-refractivity contribution in [3.63, 3.8) is 0 Å². The zero-order valence-corrected chi connectivity index (χ0v) is 18.6. The first-order chi connectivity index (χ1) is 15.2. The Morgan fingerprint density at radius 3 is 2.62 bits per heavy atom. The van der Waals surface area contributed by atoms with Gasteiger partial charge in [0.1, 0.15) is 10.8 Å². The van der Waals surface area contributed by atoms with Crippen LogP contribution < -0.4 is 4.74 Å². The molecule has 0 N–H and O–H groups in total. The predicted molar refractivity (Wildman–Crippen MR) is 116 cm³/mol. The smallest absolute Gasteiger partial charge is 0.406 e. The molecule has 5 nitrogen and oxygen atoms in total. The van der Waals surface area contributed by atoms with Gasteiger partial charge in [-0.1, -0.05) is 30.3 Å². The number of rotatable bonds is 7. The fourth-order valence-electron chi connectivity index (χ4n) is 3.84. The maximum Gasteiger partial charge on any atom is 0.573 e. The zero-order valence-electron chi connectivity index (χ0n) is 17.0. The van der Waals surface area contributed by atoms with Crippen molar-refractivity contribution < 1.29 is 26.3 Å². The summed E-state index contributed by atoms with van der Waals surface area (Å²) in [4.78, 5) is 6.34. The number of benzene rings is 2. The molecule has 0 radical (unpaired) electrons. The van der Waals surface area contributed by atoms with Crippen molar-refractivity contribution >= 4 is 21.2 Å². The van der Waals surface area contributed by atoms with E-state index in [1.54, 1.807) is 17.5 Å². The van der Waals surface area contributed by atoms with Crippen LogP contribution >= 0.6 is 11.3 Å². The van der Waals surface area contributed by atoms with Gasteiger partial charge in [-0.05, 0) is 42.6 Å². The molecule has 1 fully saturated rings. The van der Waals surface area contributed by atoms with Gasteiger partial charge in [0.05, 0.1) is 10.6 Å². The first-order valence-electron chi connectivity index (χ1n) is 9.98. The van der Waals surface area contributed by atoms with Crippen LogP contribution in [0, 0.1) is 5.92 Å². The number of hydrogen-bond acceptors (Lipinski definition) is 6. The molecule has 1 saturated heterocycles. The number of aromatic nitrogens is 1. The molecule has 0 aliphatic carbocycles. The van der Waals surface area contributed by atoms with Crippen LogP contribution in [0.4, 0.5) is 13.2 Å². The van der Waals surface area contributed by atoms with E-state index in [2.05, 4.69) is 14.6 Å². The molecule has 32 heavy (non-hydrogen) atoms. The molecular weight excluding hydrogens is 461 g/mol. The second-order valence-corrected chi connectivity index (χ2v) is 10.7. The summed E-state index contributed by atoms with van der Waals surface area (Å²) in [5, 5.41) is 2.90. The third kappa shape index (κ3) is 5.87. The highest BCUT2D eigenvalue weighted by Crippen LogP contribution is 2.28. The van der Waals surface area contributed by atoms with Crippen LogP contribution in [0.5, 0.6) is 5.75 Å². The van der Waals surface area contributed by atoms with Crippen LogP contribution in [0.15, 0.2) is 65.0 Å². The largest absolute Gasteiger partial charge is 0.573 e. The summed E-state index contributed by atoms with van der Waals surface area (Å²) >= 11 is 1.58. The zero-order chi connectivity index (χ0) is 22.8. The van der Waals surface area contributed by atoms with Crippen LogP contribution in [0.2, 0.25) is 0 Å². The number of nitrogens with zero attached hydrogens (tertiary/aromatic N) is 2. The summed E-state index contributed by atoms with van der Waals surface area (Å²) in [6.45, 7) is 2.10. The van der Waals surface area contributed by atoms with Crippen molar-refractivity contribution in [2.24, 2.45) is 5.92 Å². The minimum atomic E-state index is -4.87. The van der Waals surface area contributed by atoms with Crippen LogP contribution in [0.1, 0.15) is 12.0 Å². The Morgan fingerprint density at radius 1 is 1.16 bits per heavy atom. The van der Waals surface area contributed by atoms with Gasteiger partial charge in [0.15, 0.2) is 9.84 Å². The fourth-order valence-corrected chi connectivity index (χ4v) is 6.15. The topological polar surface area (TPSA) is 59.5 Å². The lowest BCUT2D eigenvalue weighted by atomic mass is 10.1. The van der Waals surface area contributed by atoms with Gasteiger partial charge in [-0.2, -0.15) is 0 Å². The van der Waals surface area contributed by atoms with E-state index in [1.807, 2.05) is 29.6 Å². The van der Waals surface area contributed by atoms with Crippen LogP contribution in [0.3, 0.4) is 0 Å². The minimum Gasteiger partial charge on any atom is -0.406 e. The molecule has 2 heterocycles. The summed E-state index contributed by atoms with van der Waals surface area (Å²) < 4.78 is 66.7. The second-order valence-electron chi connectivity index (χ2n) is 7.73. The molecule has 0 bridgehead atoms. The molecule has 10 heteroatoms. The molecule has 1 aromatic heterocycles. The lowest BCUT2D eigenvalue weighted by Crippen LogP contribution is -2.23. The van der Waals surface area contributed by atoms with Crippen molar-refractivity contribution in [2.75, 3.05) is 18.8 Å². The van der Waals surface area contributed by atoms with E-state index in [4.69, 9.17) is 0 Å². The molecule has 0 amide bonds. The molecule has 1 atom stereocenters. The Kier molecular flexibility index (Phi) is 6.55. The van der Waals surface area contributed by atoms with Gasteiger partial charge in [-0.3, -0.25) is 4.90 Å². The number of ether oxygens (including phenoxy) is 1. The highest BCUT2D eigenvalue weighted by Gasteiger charge is 2.32. The SMILES string of the molecule is O=S(=O)(C[C@@H]1CCN(Cc2ccc(-c3nccs3)cc2)C1)c1cccc(OC(F)(F)F)c1. The molecule has 0 spiro atoms. The Balaban J connectivity index is 1.35. The van der Waals surface area contributed by atoms with Gasteiger partial charge in [0, 0.05) is 30.2 Å².